The lowest BCUT2D eigenvalue weighted by Gasteiger charge is -2.09. The molecular weight excluding hydrogens is 466 g/mol. The van der Waals surface area contributed by atoms with Crippen LogP contribution in [0.2, 0.25) is 0 Å². The number of carboxylic acids is 1. The fourth-order valence-electron chi connectivity index (χ4n) is 3.60. The van der Waals surface area contributed by atoms with Gasteiger partial charge in [-0.1, -0.05) is 18.2 Å². The Balaban J connectivity index is 1.31. The molecule has 0 saturated carbocycles. The number of nitrogens with one attached hydrogen (secondary N) is 2. The number of fused-ring (bicyclic) bond motifs is 2. The molecule has 3 N–H and O–H groups in total. The van der Waals surface area contributed by atoms with E-state index in [0.29, 0.717) is 22.6 Å². The summed E-state index contributed by atoms with van der Waals surface area (Å²) in [7, 11) is 0. The van der Waals surface area contributed by atoms with E-state index in [1.807, 2.05) is 12.1 Å². The van der Waals surface area contributed by atoms with Gasteiger partial charge in [0.2, 0.25) is 0 Å². The van der Waals surface area contributed by atoms with Crippen molar-refractivity contribution in [3.8, 4) is 0 Å². The van der Waals surface area contributed by atoms with E-state index in [1.54, 1.807) is 25.1 Å². The van der Waals surface area contributed by atoms with Crippen LogP contribution >= 0.6 is 0 Å². The molecule has 0 aliphatic heterocycles. The van der Waals surface area contributed by atoms with Gasteiger partial charge in [0, 0.05) is 26.1 Å². The van der Waals surface area contributed by atoms with Crippen LogP contribution in [0.25, 0.3) is 16.9 Å². The average Bonchev–Trinajstić information content (AvgIpc) is 3.50. The fraction of sp³-hybridized carbons (Fsp3) is 0.125. The van der Waals surface area contributed by atoms with Crippen LogP contribution in [0.15, 0.2) is 59.3 Å². The van der Waals surface area contributed by atoms with Gasteiger partial charge in [0.15, 0.2) is 11.5 Å². The average molecular weight is 485 g/mol. The Bertz CT molecular complexity index is 1620. The molecule has 0 saturated heterocycles. The van der Waals surface area contributed by atoms with Crippen molar-refractivity contribution in [3.63, 3.8) is 0 Å². The summed E-state index contributed by atoms with van der Waals surface area (Å²) >= 11 is 0. The minimum Gasteiger partial charge on any atom is -0.478 e. The van der Waals surface area contributed by atoms with Gasteiger partial charge >= 0.3 is 5.97 Å². The maximum absolute atomic E-state index is 12.9. The number of carbonyl (C=O) groups excluding carboxylic acids is 2. The van der Waals surface area contributed by atoms with Gasteiger partial charge < -0.3 is 20.2 Å². The summed E-state index contributed by atoms with van der Waals surface area (Å²) in [5.41, 5.74) is 3.10. The number of nitrogens with zero attached hydrogens (tertiary/aromatic N) is 5. The minimum absolute atomic E-state index is 0.00446. The summed E-state index contributed by atoms with van der Waals surface area (Å²) in [4.78, 5) is 49.3. The lowest BCUT2D eigenvalue weighted by Crippen LogP contribution is -2.28. The SMILES string of the molecule is Cc1nc2cc(CNC(=O)c3cc(C(=O)NCc4ccc(C(=O)O)cc4)n4ncnc4n3)ccc2o1. The Morgan fingerprint density at radius 3 is 2.44 bits per heavy atom. The van der Waals surface area contributed by atoms with Gasteiger partial charge in [-0.05, 0) is 35.4 Å². The molecule has 0 spiro atoms. The van der Waals surface area contributed by atoms with Crippen molar-refractivity contribution in [2.45, 2.75) is 20.0 Å². The van der Waals surface area contributed by atoms with E-state index in [-0.39, 0.29) is 35.8 Å². The van der Waals surface area contributed by atoms with Gasteiger partial charge in [-0.2, -0.15) is 14.6 Å². The summed E-state index contributed by atoms with van der Waals surface area (Å²) in [5, 5.41) is 18.6. The van der Waals surface area contributed by atoms with Gasteiger partial charge in [0.25, 0.3) is 17.6 Å². The summed E-state index contributed by atoms with van der Waals surface area (Å²) in [5.74, 6) is -1.37. The van der Waals surface area contributed by atoms with Gasteiger partial charge in [0.1, 0.15) is 23.2 Å². The normalized spacial score (nSPS) is 11.0. The molecule has 0 bridgehead atoms. The molecule has 5 rings (SSSR count). The zero-order chi connectivity index (χ0) is 25.2. The molecule has 2 amide bonds. The third-order valence-electron chi connectivity index (χ3n) is 5.38. The number of rotatable bonds is 7. The molecular formula is C24H19N7O5. The van der Waals surface area contributed by atoms with Crippen molar-refractivity contribution >= 4 is 34.7 Å². The number of hydrogen-bond donors (Lipinski definition) is 3. The van der Waals surface area contributed by atoms with Gasteiger partial charge in [-0.15, -0.1) is 0 Å². The second-order valence-corrected chi connectivity index (χ2v) is 7.90. The van der Waals surface area contributed by atoms with E-state index in [9.17, 15) is 14.4 Å². The predicted molar refractivity (Wildman–Crippen MR) is 125 cm³/mol. The van der Waals surface area contributed by atoms with Crippen molar-refractivity contribution in [1.29, 1.82) is 0 Å². The first-order chi connectivity index (χ1) is 17.4. The number of carbonyl (C=O) groups is 3. The molecule has 36 heavy (non-hydrogen) atoms. The Labute approximate surface area is 203 Å². The van der Waals surface area contributed by atoms with Crippen LogP contribution in [0.3, 0.4) is 0 Å². The number of aromatic carboxylic acids is 1. The molecule has 0 fully saturated rings. The topological polar surface area (TPSA) is 165 Å². The molecule has 0 atom stereocenters. The van der Waals surface area contributed by atoms with E-state index >= 15 is 0 Å². The molecule has 2 aromatic carbocycles. The number of aromatic nitrogens is 5. The molecule has 5 aromatic rings. The number of hydrogen-bond acceptors (Lipinski definition) is 8. The van der Waals surface area contributed by atoms with Crippen LogP contribution in [0, 0.1) is 6.92 Å². The third-order valence-corrected chi connectivity index (χ3v) is 5.38. The minimum atomic E-state index is -1.03. The Kier molecular flexibility index (Phi) is 5.82. The number of carboxylic acid groups (broad SMARTS) is 1. The highest BCUT2D eigenvalue weighted by Gasteiger charge is 2.18. The first-order valence-electron chi connectivity index (χ1n) is 10.8. The van der Waals surface area contributed by atoms with Crippen LogP contribution < -0.4 is 10.6 Å². The molecule has 0 radical (unpaired) electrons. The van der Waals surface area contributed by atoms with Crippen LogP contribution in [0.4, 0.5) is 0 Å². The van der Waals surface area contributed by atoms with Crippen molar-refractivity contribution in [1.82, 2.24) is 35.2 Å². The van der Waals surface area contributed by atoms with Crippen LogP contribution in [0.1, 0.15) is 48.4 Å². The Morgan fingerprint density at radius 1 is 0.944 bits per heavy atom. The molecule has 12 heteroatoms. The van der Waals surface area contributed by atoms with Crippen molar-refractivity contribution < 1.29 is 23.9 Å². The molecule has 0 aliphatic rings. The Hall–Kier alpha value is -5.13. The second kappa shape index (κ2) is 9.25. The molecule has 3 aromatic heterocycles. The van der Waals surface area contributed by atoms with E-state index in [2.05, 4.69) is 30.7 Å². The van der Waals surface area contributed by atoms with Crippen LogP contribution in [0.5, 0.6) is 0 Å². The number of aryl methyl sites for hydroxylation is 1. The van der Waals surface area contributed by atoms with Crippen molar-refractivity contribution in [3.05, 3.63) is 88.8 Å². The van der Waals surface area contributed by atoms with E-state index in [0.717, 1.165) is 5.56 Å². The van der Waals surface area contributed by atoms with Crippen molar-refractivity contribution in [2.75, 3.05) is 0 Å². The highest BCUT2D eigenvalue weighted by atomic mass is 16.4. The maximum atomic E-state index is 12.9. The lowest BCUT2D eigenvalue weighted by atomic mass is 10.1. The number of benzene rings is 2. The van der Waals surface area contributed by atoms with E-state index < -0.39 is 17.8 Å². The third kappa shape index (κ3) is 4.59. The molecule has 12 nitrogen and oxygen atoms in total. The lowest BCUT2D eigenvalue weighted by molar-refractivity contribution is 0.0696. The summed E-state index contributed by atoms with van der Waals surface area (Å²) < 4.78 is 6.70. The molecule has 0 aliphatic carbocycles. The summed E-state index contributed by atoms with van der Waals surface area (Å²) in [6, 6.07) is 12.9. The highest BCUT2D eigenvalue weighted by molar-refractivity contribution is 5.98. The van der Waals surface area contributed by atoms with Crippen LogP contribution in [-0.2, 0) is 13.1 Å². The maximum Gasteiger partial charge on any atom is 0.335 e. The van der Waals surface area contributed by atoms with E-state index in [4.69, 9.17) is 9.52 Å². The predicted octanol–water partition coefficient (Wildman–Crippen LogP) is 2.13. The zero-order valence-electron chi connectivity index (χ0n) is 18.9. The molecule has 180 valence electrons. The van der Waals surface area contributed by atoms with Crippen LogP contribution in [-0.4, -0.2) is 47.5 Å². The highest BCUT2D eigenvalue weighted by Crippen LogP contribution is 2.17. The van der Waals surface area contributed by atoms with Crippen molar-refractivity contribution in [2.24, 2.45) is 0 Å². The van der Waals surface area contributed by atoms with E-state index in [1.165, 1.54) is 29.0 Å². The monoisotopic (exact) mass is 485 g/mol. The standard InChI is InChI=1S/C24H19N7O5/c1-13-29-17-8-15(4-7-20(17)36-13)11-25-21(32)18-9-19(31-24(30-18)27-12-28-31)22(33)26-10-14-2-5-16(6-3-14)23(34)35/h2-9,12H,10-11H2,1H3,(H,25,32)(H,26,33)(H,34,35). The van der Waals surface area contributed by atoms with Gasteiger partial charge in [-0.25, -0.2) is 14.8 Å². The zero-order valence-corrected chi connectivity index (χ0v) is 18.9. The van der Waals surface area contributed by atoms with Gasteiger partial charge in [0.05, 0.1) is 5.56 Å². The smallest absolute Gasteiger partial charge is 0.335 e. The fourth-order valence-corrected chi connectivity index (χ4v) is 3.60. The quantitative estimate of drug-likeness (QED) is 0.313. The second-order valence-electron chi connectivity index (χ2n) is 7.90. The first-order valence-corrected chi connectivity index (χ1v) is 10.8. The Morgan fingerprint density at radius 2 is 1.67 bits per heavy atom. The summed E-state index contributed by atoms with van der Waals surface area (Å²) in [6.45, 7) is 2.12. The molecule has 0 unspecified atom stereocenters. The number of oxazole rings is 1. The van der Waals surface area contributed by atoms with Gasteiger partial charge in [-0.3, -0.25) is 9.59 Å². The first kappa shape index (κ1) is 22.7. The molecule has 3 heterocycles. The summed E-state index contributed by atoms with van der Waals surface area (Å²) in [6.07, 6.45) is 1.24. The number of amides is 2. The largest absolute Gasteiger partial charge is 0.478 e.